The third-order valence-electron chi connectivity index (χ3n) is 5.64. The normalized spacial score (nSPS) is 12.6. The van der Waals surface area contributed by atoms with Gasteiger partial charge in [0.25, 0.3) is 0 Å². The maximum atomic E-state index is 13.2. The quantitative estimate of drug-likeness (QED) is 0.394. The molecule has 10 heteroatoms. The number of aromatic nitrogens is 2. The number of aryl methyl sites for hydroxylation is 1. The van der Waals surface area contributed by atoms with Crippen molar-refractivity contribution in [1.29, 1.82) is 5.26 Å². The molecule has 2 aromatic carbocycles. The van der Waals surface area contributed by atoms with Gasteiger partial charge in [0.15, 0.2) is 0 Å². The molecule has 0 unspecified atom stereocenters. The number of benzene rings is 2. The molecule has 0 bridgehead atoms. The Morgan fingerprint density at radius 3 is 2.29 bits per heavy atom. The van der Waals surface area contributed by atoms with E-state index >= 15 is 0 Å². The van der Waals surface area contributed by atoms with Crippen molar-refractivity contribution in [3.05, 3.63) is 78.0 Å². The Balaban J connectivity index is 1.88. The first-order chi connectivity index (χ1) is 16.4. The molecule has 2 heterocycles. The fraction of sp³-hybridized carbons (Fsp3) is 0.200. The lowest BCUT2D eigenvalue weighted by Crippen LogP contribution is -2.54. The van der Waals surface area contributed by atoms with Gasteiger partial charge in [-0.3, -0.25) is 4.98 Å². The summed E-state index contributed by atoms with van der Waals surface area (Å²) in [4.78, 5) is 3.83. The minimum absolute atomic E-state index is 0.299. The van der Waals surface area contributed by atoms with Gasteiger partial charge in [0.1, 0.15) is 16.5 Å². The van der Waals surface area contributed by atoms with Crippen LogP contribution in [0.2, 0.25) is 0 Å². The highest BCUT2D eigenvalue weighted by molar-refractivity contribution is 7.89. The van der Waals surface area contributed by atoms with Gasteiger partial charge in [-0.1, -0.05) is 30.3 Å². The first-order valence-electron chi connectivity index (χ1n) is 10.5. The number of halogens is 3. The fourth-order valence-electron chi connectivity index (χ4n) is 3.73. The number of nitrogens with zero attached hydrogens (tertiary/aromatic N) is 3. The Labute approximate surface area is 200 Å². The fourth-order valence-corrected chi connectivity index (χ4v) is 5.08. The van der Waals surface area contributed by atoms with Crippen molar-refractivity contribution in [2.75, 3.05) is 0 Å². The average Bonchev–Trinajstić information content (AvgIpc) is 3.11. The van der Waals surface area contributed by atoms with E-state index in [0.29, 0.717) is 22.3 Å². The lowest BCUT2D eigenvalue weighted by molar-refractivity contribution is -0.180. The highest BCUT2D eigenvalue weighted by Gasteiger charge is 2.49. The Hall–Kier alpha value is -3.68. The number of nitriles is 1. The van der Waals surface area contributed by atoms with Crippen LogP contribution in [0.3, 0.4) is 0 Å². The maximum absolute atomic E-state index is 13.2. The zero-order valence-corrected chi connectivity index (χ0v) is 19.9. The van der Waals surface area contributed by atoms with Crippen LogP contribution in [-0.4, -0.2) is 29.7 Å². The lowest BCUT2D eigenvalue weighted by atomic mass is 10.1. The Morgan fingerprint density at radius 2 is 1.71 bits per heavy atom. The summed E-state index contributed by atoms with van der Waals surface area (Å²) in [7, 11) is -4.51. The molecule has 2 aromatic heterocycles. The van der Waals surface area contributed by atoms with E-state index in [1.165, 1.54) is 12.1 Å². The van der Waals surface area contributed by atoms with Crippen molar-refractivity contribution >= 4 is 20.9 Å². The predicted molar refractivity (Wildman–Crippen MR) is 126 cm³/mol. The van der Waals surface area contributed by atoms with Crippen LogP contribution in [0.15, 0.2) is 71.8 Å². The van der Waals surface area contributed by atoms with Crippen molar-refractivity contribution < 1.29 is 21.6 Å². The number of pyridine rings is 1. The molecule has 0 aliphatic rings. The van der Waals surface area contributed by atoms with Crippen LogP contribution in [0.5, 0.6) is 0 Å². The molecule has 0 atom stereocenters. The lowest BCUT2D eigenvalue weighted by Gasteiger charge is -2.28. The number of hydrogen-bond acceptors (Lipinski definition) is 4. The Bertz CT molecular complexity index is 1550. The van der Waals surface area contributed by atoms with E-state index in [-0.39, 0.29) is 0 Å². The maximum Gasteiger partial charge on any atom is 0.407 e. The average molecular weight is 499 g/mol. The summed E-state index contributed by atoms with van der Waals surface area (Å²) in [5.41, 5.74) is 0.955. The molecule has 0 spiro atoms. The molecular weight excluding hydrogens is 477 g/mol. The summed E-state index contributed by atoms with van der Waals surface area (Å²) in [5.74, 6) is 0. The summed E-state index contributed by atoms with van der Waals surface area (Å²) >= 11 is 0. The Kier molecular flexibility index (Phi) is 5.95. The molecule has 180 valence electrons. The molecule has 0 saturated carbocycles. The summed E-state index contributed by atoms with van der Waals surface area (Å²) in [6, 6.07) is 19.8. The molecule has 0 aliphatic carbocycles. The summed E-state index contributed by atoms with van der Waals surface area (Å²) < 4.78 is 68.4. The molecule has 4 aromatic rings. The van der Waals surface area contributed by atoms with Crippen LogP contribution in [0.4, 0.5) is 13.2 Å². The number of para-hydroxylation sites is 1. The van der Waals surface area contributed by atoms with Crippen molar-refractivity contribution in [1.82, 2.24) is 14.3 Å². The van der Waals surface area contributed by atoms with Crippen LogP contribution in [0.25, 0.3) is 28.0 Å². The van der Waals surface area contributed by atoms with Gasteiger partial charge in [0.2, 0.25) is 10.0 Å². The molecular formula is C25H21F3N4O2S. The van der Waals surface area contributed by atoms with E-state index in [0.717, 1.165) is 36.8 Å². The second-order valence-corrected chi connectivity index (χ2v) is 10.3. The van der Waals surface area contributed by atoms with E-state index < -0.39 is 26.6 Å². The minimum Gasteiger partial charge on any atom is -0.307 e. The second-order valence-electron chi connectivity index (χ2n) is 8.63. The number of nitrogens with one attached hydrogen (secondary N) is 1. The van der Waals surface area contributed by atoms with E-state index in [2.05, 4.69) is 11.1 Å². The largest absolute Gasteiger partial charge is 0.407 e. The van der Waals surface area contributed by atoms with Gasteiger partial charge < -0.3 is 4.57 Å². The number of hydrogen-bond donors (Lipinski definition) is 1. The van der Waals surface area contributed by atoms with Crippen LogP contribution < -0.4 is 4.72 Å². The molecule has 35 heavy (non-hydrogen) atoms. The van der Waals surface area contributed by atoms with Crippen molar-refractivity contribution in [2.45, 2.75) is 37.4 Å². The third-order valence-corrected chi connectivity index (χ3v) is 7.28. The van der Waals surface area contributed by atoms with Crippen LogP contribution in [0, 0.1) is 18.3 Å². The third kappa shape index (κ3) is 4.40. The topological polar surface area (TPSA) is 87.8 Å². The number of rotatable bonds is 5. The molecule has 0 radical (unpaired) electrons. The highest BCUT2D eigenvalue weighted by Crippen LogP contribution is 2.36. The summed E-state index contributed by atoms with van der Waals surface area (Å²) in [6.45, 7) is 3.42. The molecule has 0 fully saturated rings. The smallest absolute Gasteiger partial charge is 0.307 e. The van der Waals surface area contributed by atoms with Crippen molar-refractivity contribution in [2.24, 2.45) is 0 Å². The molecule has 0 aliphatic heterocycles. The minimum atomic E-state index is -4.79. The van der Waals surface area contributed by atoms with E-state index in [1.807, 2.05) is 60.0 Å². The van der Waals surface area contributed by atoms with Crippen molar-refractivity contribution in [3.8, 4) is 23.1 Å². The molecule has 0 saturated heterocycles. The van der Waals surface area contributed by atoms with Crippen LogP contribution in [-0.2, 0) is 10.0 Å². The van der Waals surface area contributed by atoms with Gasteiger partial charge in [-0.15, -0.1) is 0 Å². The number of sulfonamides is 1. The second kappa shape index (κ2) is 8.52. The van der Waals surface area contributed by atoms with Gasteiger partial charge in [0, 0.05) is 17.3 Å². The molecule has 0 amide bonds. The first-order valence-corrected chi connectivity index (χ1v) is 12.0. The zero-order valence-electron chi connectivity index (χ0n) is 19.1. The van der Waals surface area contributed by atoms with Crippen molar-refractivity contribution in [3.63, 3.8) is 0 Å². The highest BCUT2D eigenvalue weighted by atomic mass is 32.2. The Morgan fingerprint density at radius 1 is 1.03 bits per heavy atom. The monoisotopic (exact) mass is 498 g/mol. The predicted octanol–water partition coefficient (Wildman–Crippen LogP) is 5.49. The van der Waals surface area contributed by atoms with Crippen LogP contribution in [0.1, 0.15) is 25.0 Å². The van der Waals surface area contributed by atoms with Gasteiger partial charge in [-0.05, 0) is 56.7 Å². The molecule has 4 rings (SSSR count). The number of alkyl halides is 3. The van der Waals surface area contributed by atoms with Gasteiger partial charge in [-0.2, -0.15) is 23.2 Å². The van der Waals surface area contributed by atoms with E-state index in [9.17, 15) is 26.9 Å². The molecule has 1 N–H and O–H groups in total. The summed E-state index contributed by atoms with van der Waals surface area (Å²) in [6.07, 6.45) is -3.80. The van der Waals surface area contributed by atoms with E-state index in [4.69, 9.17) is 0 Å². The standard InChI is InChI=1S/C25H21F3N4O2S/c1-16-9-11-19-20(14-29)23(32(22(19)13-16)17-7-5-4-6-8-17)21-12-10-18(15-30-21)35(33,34)31-24(2,3)25(26,27)28/h4-13,15,31H,1-3H3. The zero-order chi connectivity index (χ0) is 25.6. The van der Waals surface area contributed by atoms with Crippen LogP contribution >= 0.6 is 0 Å². The molecule has 6 nitrogen and oxygen atoms in total. The van der Waals surface area contributed by atoms with Gasteiger partial charge in [-0.25, -0.2) is 8.42 Å². The summed E-state index contributed by atoms with van der Waals surface area (Å²) in [5, 5.41) is 10.7. The van der Waals surface area contributed by atoms with E-state index in [1.54, 1.807) is 4.72 Å². The van der Waals surface area contributed by atoms with Gasteiger partial charge in [0.05, 0.1) is 22.5 Å². The first kappa shape index (κ1) is 24.4. The van der Waals surface area contributed by atoms with Gasteiger partial charge >= 0.3 is 6.18 Å². The number of fused-ring (bicyclic) bond motifs is 1. The SMILES string of the molecule is Cc1ccc2c(C#N)c(-c3ccc(S(=O)(=O)NC(C)(C)C(F)(F)F)cn3)n(-c3ccccc3)c2c1.